The Bertz CT molecular complexity index is 323. The van der Waals surface area contributed by atoms with Gasteiger partial charge in [0, 0.05) is 25.3 Å². The van der Waals surface area contributed by atoms with E-state index in [0.717, 1.165) is 0 Å². The molecule has 1 aromatic rings. The molecule has 16 heavy (non-hydrogen) atoms. The number of rotatable bonds is 2. The highest BCUT2D eigenvalue weighted by Crippen LogP contribution is 2.22. The van der Waals surface area contributed by atoms with Gasteiger partial charge in [-0.3, -0.25) is 0 Å². The van der Waals surface area contributed by atoms with Crippen molar-refractivity contribution >= 4 is 30.5 Å². The first-order chi connectivity index (χ1) is 6.81. The lowest BCUT2D eigenvalue weighted by Gasteiger charge is -2.18. The first-order valence-electron chi connectivity index (χ1n) is 5.36. The van der Waals surface area contributed by atoms with Crippen LogP contribution in [-0.4, -0.2) is 13.1 Å². The standard InChI is InChI=1S/C12H18N2.2ClH/c1-10-8-12(5-4-11(10)9-13)14-6-2-3-7-14;;/h4-5,8H,2-3,6-7,9,13H2,1H3;2*1H. The normalized spacial score (nSPS) is 14.2. The van der Waals surface area contributed by atoms with Crippen LogP contribution in [0.15, 0.2) is 18.2 Å². The molecule has 0 amide bonds. The van der Waals surface area contributed by atoms with Crippen molar-refractivity contribution in [2.75, 3.05) is 18.0 Å². The van der Waals surface area contributed by atoms with Crippen molar-refractivity contribution in [2.24, 2.45) is 5.73 Å². The minimum absolute atomic E-state index is 0. The van der Waals surface area contributed by atoms with Gasteiger partial charge < -0.3 is 10.6 Å². The van der Waals surface area contributed by atoms with Crippen LogP contribution in [0.4, 0.5) is 5.69 Å². The summed E-state index contributed by atoms with van der Waals surface area (Å²) in [5.41, 5.74) is 9.57. The second kappa shape index (κ2) is 7.00. The van der Waals surface area contributed by atoms with Gasteiger partial charge in [-0.1, -0.05) is 6.07 Å². The van der Waals surface area contributed by atoms with Gasteiger partial charge in [0.15, 0.2) is 0 Å². The van der Waals surface area contributed by atoms with Gasteiger partial charge in [-0.25, -0.2) is 0 Å². The van der Waals surface area contributed by atoms with Crippen LogP contribution in [0, 0.1) is 6.92 Å². The van der Waals surface area contributed by atoms with Crippen LogP contribution in [0.1, 0.15) is 24.0 Å². The third-order valence-electron chi connectivity index (χ3n) is 3.02. The zero-order valence-electron chi connectivity index (χ0n) is 9.61. The molecule has 0 radical (unpaired) electrons. The summed E-state index contributed by atoms with van der Waals surface area (Å²) in [6.45, 7) is 5.21. The van der Waals surface area contributed by atoms with Crippen LogP contribution in [-0.2, 0) is 6.54 Å². The maximum atomic E-state index is 5.64. The number of nitrogens with two attached hydrogens (primary N) is 1. The molecule has 0 atom stereocenters. The molecule has 4 heteroatoms. The van der Waals surface area contributed by atoms with E-state index in [2.05, 4.69) is 30.0 Å². The van der Waals surface area contributed by atoms with E-state index in [0.29, 0.717) is 6.54 Å². The average Bonchev–Trinajstić information content (AvgIpc) is 2.70. The van der Waals surface area contributed by atoms with Crippen LogP contribution in [0.5, 0.6) is 0 Å². The van der Waals surface area contributed by atoms with Crippen molar-refractivity contribution < 1.29 is 0 Å². The molecule has 0 saturated carbocycles. The Balaban J connectivity index is 0.00000112. The van der Waals surface area contributed by atoms with Crippen LogP contribution >= 0.6 is 24.8 Å². The van der Waals surface area contributed by atoms with Crippen LogP contribution in [0.25, 0.3) is 0 Å². The third kappa shape index (κ3) is 3.27. The van der Waals surface area contributed by atoms with E-state index in [1.807, 2.05) is 0 Å². The molecule has 2 N–H and O–H groups in total. The highest BCUT2D eigenvalue weighted by Gasteiger charge is 2.12. The van der Waals surface area contributed by atoms with Gasteiger partial charge in [0.05, 0.1) is 0 Å². The minimum atomic E-state index is 0. The summed E-state index contributed by atoms with van der Waals surface area (Å²) in [5.74, 6) is 0. The summed E-state index contributed by atoms with van der Waals surface area (Å²) in [6, 6.07) is 6.61. The zero-order valence-corrected chi connectivity index (χ0v) is 11.2. The Morgan fingerprint density at radius 2 is 1.81 bits per heavy atom. The molecule has 1 heterocycles. The lowest BCUT2D eigenvalue weighted by molar-refractivity contribution is 0.949. The summed E-state index contributed by atoms with van der Waals surface area (Å²) in [7, 11) is 0. The summed E-state index contributed by atoms with van der Waals surface area (Å²) in [5, 5.41) is 0. The Kier molecular flexibility index (Phi) is 6.81. The molecule has 2 rings (SSSR count). The van der Waals surface area contributed by atoms with E-state index in [-0.39, 0.29) is 24.8 Å². The predicted octanol–water partition coefficient (Wildman–Crippen LogP) is 2.90. The SMILES string of the molecule is Cc1cc(N2CCCC2)ccc1CN.Cl.Cl. The lowest BCUT2D eigenvalue weighted by Crippen LogP contribution is -2.17. The molecule has 1 aliphatic rings. The summed E-state index contributed by atoms with van der Waals surface area (Å²) < 4.78 is 0. The van der Waals surface area contributed by atoms with Gasteiger partial charge in [0.1, 0.15) is 0 Å². The quantitative estimate of drug-likeness (QED) is 0.889. The first kappa shape index (κ1) is 15.6. The molecule has 0 spiro atoms. The number of halogens is 2. The largest absolute Gasteiger partial charge is 0.372 e. The molecular formula is C12H20Cl2N2. The van der Waals surface area contributed by atoms with Gasteiger partial charge in [-0.2, -0.15) is 0 Å². The molecule has 1 saturated heterocycles. The number of nitrogens with zero attached hydrogens (tertiary/aromatic N) is 1. The fourth-order valence-corrected chi connectivity index (χ4v) is 2.08. The Morgan fingerprint density at radius 3 is 2.31 bits per heavy atom. The van der Waals surface area contributed by atoms with Crippen molar-refractivity contribution in [3.8, 4) is 0 Å². The minimum Gasteiger partial charge on any atom is -0.372 e. The second-order valence-corrected chi connectivity index (χ2v) is 4.01. The number of hydrogen-bond acceptors (Lipinski definition) is 2. The Labute approximate surface area is 110 Å². The van der Waals surface area contributed by atoms with Gasteiger partial charge in [-0.05, 0) is 43.0 Å². The molecule has 1 fully saturated rings. The van der Waals surface area contributed by atoms with Crippen LogP contribution in [0.2, 0.25) is 0 Å². The first-order valence-corrected chi connectivity index (χ1v) is 5.36. The molecule has 0 aromatic heterocycles. The van der Waals surface area contributed by atoms with Gasteiger partial charge in [0.2, 0.25) is 0 Å². The van der Waals surface area contributed by atoms with Crippen molar-refractivity contribution in [1.29, 1.82) is 0 Å². The van der Waals surface area contributed by atoms with Crippen molar-refractivity contribution in [3.63, 3.8) is 0 Å². The predicted molar refractivity (Wildman–Crippen MR) is 75.0 cm³/mol. The third-order valence-corrected chi connectivity index (χ3v) is 3.02. The van der Waals surface area contributed by atoms with E-state index < -0.39 is 0 Å². The smallest absolute Gasteiger partial charge is 0.0369 e. The van der Waals surface area contributed by atoms with Crippen molar-refractivity contribution in [1.82, 2.24) is 0 Å². The fourth-order valence-electron chi connectivity index (χ4n) is 2.08. The van der Waals surface area contributed by atoms with Gasteiger partial charge in [0.25, 0.3) is 0 Å². The fraction of sp³-hybridized carbons (Fsp3) is 0.500. The summed E-state index contributed by atoms with van der Waals surface area (Å²) in [4.78, 5) is 2.45. The Hall–Kier alpha value is -0.440. The number of aryl methyl sites for hydroxylation is 1. The van der Waals surface area contributed by atoms with Crippen LogP contribution in [0.3, 0.4) is 0 Å². The molecule has 0 unspecified atom stereocenters. The highest BCUT2D eigenvalue weighted by atomic mass is 35.5. The second-order valence-electron chi connectivity index (χ2n) is 4.01. The summed E-state index contributed by atoms with van der Waals surface area (Å²) >= 11 is 0. The lowest BCUT2D eigenvalue weighted by atomic mass is 10.1. The van der Waals surface area contributed by atoms with Gasteiger partial charge in [-0.15, -0.1) is 24.8 Å². The monoisotopic (exact) mass is 262 g/mol. The molecular weight excluding hydrogens is 243 g/mol. The topological polar surface area (TPSA) is 29.3 Å². The number of anilines is 1. The van der Waals surface area contributed by atoms with Crippen LogP contribution < -0.4 is 10.6 Å². The molecule has 0 bridgehead atoms. The summed E-state index contributed by atoms with van der Waals surface area (Å²) in [6.07, 6.45) is 2.66. The Morgan fingerprint density at radius 1 is 1.19 bits per heavy atom. The van der Waals surface area contributed by atoms with Crippen molar-refractivity contribution in [3.05, 3.63) is 29.3 Å². The maximum absolute atomic E-state index is 5.64. The average molecular weight is 263 g/mol. The van der Waals surface area contributed by atoms with E-state index >= 15 is 0 Å². The van der Waals surface area contributed by atoms with E-state index in [1.54, 1.807) is 0 Å². The molecule has 2 nitrogen and oxygen atoms in total. The number of benzene rings is 1. The number of hydrogen-bond donors (Lipinski definition) is 1. The van der Waals surface area contributed by atoms with E-state index in [4.69, 9.17) is 5.73 Å². The zero-order chi connectivity index (χ0) is 9.97. The highest BCUT2D eigenvalue weighted by molar-refractivity contribution is 5.85. The molecule has 1 aliphatic heterocycles. The van der Waals surface area contributed by atoms with Crippen molar-refractivity contribution in [2.45, 2.75) is 26.3 Å². The molecule has 0 aliphatic carbocycles. The molecule has 92 valence electrons. The van der Waals surface area contributed by atoms with E-state index in [9.17, 15) is 0 Å². The van der Waals surface area contributed by atoms with Gasteiger partial charge >= 0.3 is 0 Å². The van der Waals surface area contributed by atoms with E-state index in [1.165, 1.54) is 42.7 Å². The molecule has 1 aromatic carbocycles. The maximum Gasteiger partial charge on any atom is 0.0369 e.